The highest BCUT2D eigenvalue weighted by atomic mass is 16.2. The van der Waals surface area contributed by atoms with Crippen molar-refractivity contribution in [2.45, 2.75) is 58.4 Å². The van der Waals surface area contributed by atoms with Gasteiger partial charge in [0.05, 0.1) is 0 Å². The normalized spacial score (nSPS) is 28.4. The van der Waals surface area contributed by atoms with Gasteiger partial charge in [-0.3, -0.25) is 4.79 Å². The molecule has 0 aromatic carbocycles. The van der Waals surface area contributed by atoms with E-state index < -0.39 is 0 Å². The second-order valence-corrected chi connectivity index (χ2v) is 9.28. The van der Waals surface area contributed by atoms with E-state index in [4.69, 9.17) is 0 Å². The molecule has 4 aliphatic rings. The van der Waals surface area contributed by atoms with Crippen LogP contribution in [0.25, 0.3) is 0 Å². The minimum atomic E-state index is -0.171. The zero-order valence-electron chi connectivity index (χ0n) is 18.4. The molecule has 29 heavy (non-hydrogen) atoms. The Morgan fingerprint density at radius 1 is 1.24 bits per heavy atom. The first-order valence-corrected chi connectivity index (χ1v) is 11.6. The van der Waals surface area contributed by atoms with Gasteiger partial charge in [-0.05, 0) is 82.0 Å². The van der Waals surface area contributed by atoms with Gasteiger partial charge in [-0.2, -0.15) is 0 Å². The number of hydrogen-bond acceptors (Lipinski definition) is 3. The van der Waals surface area contributed by atoms with Gasteiger partial charge in [0.25, 0.3) is 0 Å². The molecular weight excluding hydrogens is 358 g/mol. The van der Waals surface area contributed by atoms with Crippen molar-refractivity contribution in [3.63, 3.8) is 0 Å². The minimum absolute atomic E-state index is 0.171. The summed E-state index contributed by atoms with van der Waals surface area (Å²) in [6.45, 7) is 7.95. The largest absolute Gasteiger partial charge is 0.365 e. The first-order valence-electron chi connectivity index (χ1n) is 11.6. The Morgan fingerprint density at radius 3 is 2.69 bits per heavy atom. The molecule has 0 bridgehead atoms. The number of likely N-dealkylation sites (N-methyl/N-ethyl adjacent to an activating group) is 2. The number of carbonyl (C=O) groups excluding carboxylic acids is 1. The third-order valence-corrected chi connectivity index (χ3v) is 7.59. The van der Waals surface area contributed by atoms with E-state index in [0.717, 1.165) is 26.2 Å². The van der Waals surface area contributed by atoms with Crippen LogP contribution in [0, 0.1) is 11.3 Å². The molecule has 1 saturated heterocycles. The van der Waals surface area contributed by atoms with E-state index in [0.29, 0.717) is 11.3 Å². The van der Waals surface area contributed by atoms with E-state index in [2.05, 4.69) is 61.6 Å². The van der Waals surface area contributed by atoms with Crippen LogP contribution in [0.3, 0.4) is 0 Å². The SMILES string of the molecule is CCN(CC)C(=O)C1C=CC(C2CC3(CCNCC3)CC3=C2CCC=C3)=CN1C. The molecule has 1 fully saturated rings. The van der Waals surface area contributed by atoms with Crippen molar-refractivity contribution >= 4 is 5.91 Å². The Bertz CT molecular complexity index is 750. The average molecular weight is 396 g/mol. The predicted octanol–water partition coefficient (Wildman–Crippen LogP) is 4.04. The number of carbonyl (C=O) groups is 1. The second kappa shape index (κ2) is 8.51. The zero-order valence-corrected chi connectivity index (χ0v) is 18.4. The molecule has 4 heteroatoms. The highest BCUT2D eigenvalue weighted by Crippen LogP contribution is 2.52. The lowest BCUT2D eigenvalue weighted by Crippen LogP contribution is -2.46. The molecule has 2 aliphatic carbocycles. The molecule has 1 amide bonds. The van der Waals surface area contributed by atoms with Gasteiger partial charge in [0, 0.05) is 32.3 Å². The Morgan fingerprint density at radius 2 is 2.00 bits per heavy atom. The molecule has 0 radical (unpaired) electrons. The van der Waals surface area contributed by atoms with Crippen molar-refractivity contribution in [3.8, 4) is 0 Å². The van der Waals surface area contributed by atoms with E-state index in [-0.39, 0.29) is 11.9 Å². The molecule has 2 atom stereocenters. The van der Waals surface area contributed by atoms with Crippen LogP contribution in [-0.2, 0) is 4.79 Å². The Kier molecular flexibility index (Phi) is 6.00. The zero-order chi connectivity index (χ0) is 20.4. The van der Waals surface area contributed by atoms with Crippen LogP contribution < -0.4 is 5.32 Å². The average Bonchev–Trinajstić information content (AvgIpc) is 2.74. The number of allylic oxidation sites excluding steroid dienone is 6. The minimum Gasteiger partial charge on any atom is -0.365 e. The van der Waals surface area contributed by atoms with Gasteiger partial charge in [0.2, 0.25) is 5.91 Å². The monoisotopic (exact) mass is 395 g/mol. The van der Waals surface area contributed by atoms with Crippen LogP contribution in [0.4, 0.5) is 0 Å². The summed E-state index contributed by atoms with van der Waals surface area (Å²) in [5, 5.41) is 3.56. The lowest BCUT2D eigenvalue weighted by atomic mass is 9.60. The van der Waals surface area contributed by atoms with Crippen molar-refractivity contribution in [2.75, 3.05) is 33.2 Å². The predicted molar refractivity (Wildman–Crippen MR) is 119 cm³/mol. The van der Waals surface area contributed by atoms with Gasteiger partial charge in [-0.1, -0.05) is 29.9 Å². The molecule has 0 saturated carbocycles. The fourth-order valence-corrected chi connectivity index (χ4v) is 5.87. The number of rotatable bonds is 4. The summed E-state index contributed by atoms with van der Waals surface area (Å²) in [6.07, 6.45) is 18.9. The highest BCUT2D eigenvalue weighted by Gasteiger charge is 2.42. The fourth-order valence-electron chi connectivity index (χ4n) is 5.87. The lowest BCUT2D eigenvalue weighted by Gasteiger charge is -2.47. The molecule has 4 nitrogen and oxygen atoms in total. The first kappa shape index (κ1) is 20.5. The quantitative estimate of drug-likeness (QED) is 0.780. The lowest BCUT2D eigenvalue weighted by molar-refractivity contribution is -0.133. The summed E-state index contributed by atoms with van der Waals surface area (Å²) >= 11 is 0. The van der Waals surface area contributed by atoms with Crippen molar-refractivity contribution in [1.29, 1.82) is 0 Å². The smallest absolute Gasteiger partial charge is 0.249 e. The molecule has 1 N–H and O–H groups in total. The summed E-state index contributed by atoms with van der Waals surface area (Å²) in [6, 6.07) is -0.171. The molecule has 2 heterocycles. The van der Waals surface area contributed by atoms with Crippen LogP contribution in [0.2, 0.25) is 0 Å². The Hall–Kier alpha value is -1.81. The maximum atomic E-state index is 12.9. The van der Waals surface area contributed by atoms with E-state index in [1.165, 1.54) is 44.1 Å². The Labute approximate surface area is 176 Å². The number of piperidine rings is 1. The molecule has 2 aliphatic heterocycles. The summed E-state index contributed by atoms with van der Waals surface area (Å²) < 4.78 is 0. The van der Waals surface area contributed by atoms with Crippen LogP contribution in [0.5, 0.6) is 0 Å². The van der Waals surface area contributed by atoms with Gasteiger partial charge in [-0.15, -0.1) is 0 Å². The highest BCUT2D eigenvalue weighted by molar-refractivity contribution is 5.84. The van der Waals surface area contributed by atoms with Crippen LogP contribution in [0.1, 0.15) is 52.4 Å². The third kappa shape index (κ3) is 3.96. The third-order valence-electron chi connectivity index (χ3n) is 7.59. The van der Waals surface area contributed by atoms with Crippen molar-refractivity contribution in [2.24, 2.45) is 11.3 Å². The van der Waals surface area contributed by atoms with Gasteiger partial charge >= 0.3 is 0 Å². The van der Waals surface area contributed by atoms with Crippen LogP contribution in [-0.4, -0.2) is 55.0 Å². The standard InChI is InChI=1S/C25H37N3O/c1-4-28(5-2)24(29)23-11-10-20(18-27(23)3)22-17-25(12-14-26-15-13-25)16-19-8-6-7-9-21(19)22/h6,8,10-11,18,22-23,26H,4-5,7,9,12-17H2,1-3H3. The number of nitrogens with one attached hydrogen (secondary N) is 1. The molecular formula is C25H37N3O. The molecule has 0 aromatic rings. The topological polar surface area (TPSA) is 35.6 Å². The van der Waals surface area contributed by atoms with Crippen LogP contribution >= 0.6 is 0 Å². The summed E-state index contributed by atoms with van der Waals surface area (Å²) in [7, 11) is 2.06. The van der Waals surface area contributed by atoms with Crippen molar-refractivity contribution in [1.82, 2.24) is 15.1 Å². The van der Waals surface area contributed by atoms with E-state index in [1.54, 1.807) is 11.1 Å². The van der Waals surface area contributed by atoms with E-state index in [1.807, 2.05) is 4.90 Å². The molecule has 158 valence electrons. The van der Waals surface area contributed by atoms with Gasteiger partial charge < -0.3 is 15.1 Å². The van der Waals surface area contributed by atoms with Crippen molar-refractivity contribution in [3.05, 3.63) is 47.2 Å². The number of hydrogen-bond donors (Lipinski definition) is 1. The van der Waals surface area contributed by atoms with Crippen molar-refractivity contribution < 1.29 is 4.79 Å². The summed E-state index contributed by atoms with van der Waals surface area (Å²) in [5.74, 6) is 0.716. The summed E-state index contributed by atoms with van der Waals surface area (Å²) in [5.41, 5.74) is 5.11. The molecule has 1 spiro atoms. The van der Waals surface area contributed by atoms with Gasteiger partial charge in [0.1, 0.15) is 6.04 Å². The molecule has 2 unspecified atom stereocenters. The molecule has 4 rings (SSSR count). The maximum Gasteiger partial charge on any atom is 0.249 e. The van der Waals surface area contributed by atoms with Crippen LogP contribution in [0.15, 0.2) is 47.2 Å². The maximum absolute atomic E-state index is 12.9. The number of nitrogens with zero attached hydrogens (tertiary/aromatic N) is 2. The summed E-state index contributed by atoms with van der Waals surface area (Å²) in [4.78, 5) is 17.0. The van der Waals surface area contributed by atoms with E-state index in [9.17, 15) is 4.79 Å². The molecule has 0 aromatic heterocycles. The van der Waals surface area contributed by atoms with Gasteiger partial charge in [-0.25, -0.2) is 0 Å². The van der Waals surface area contributed by atoms with E-state index >= 15 is 0 Å². The first-order chi connectivity index (χ1) is 14.1. The van der Waals surface area contributed by atoms with Gasteiger partial charge in [0.15, 0.2) is 0 Å². The fraction of sp³-hybridized carbons (Fsp3) is 0.640. The Balaban J connectivity index is 1.60. The second-order valence-electron chi connectivity index (χ2n) is 9.28. The number of amides is 1.